The quantitative estimate of drug-likeness (QED) is 0.748. The molecular weight excluding hydrogens is 294 g/mol. The number of nitrogens with zero attached hydrogens (tertiary/aromatic N) is 2. The summed E-state index contributed by atoms with van der Waals surface area (Å²) >= 11 is 0. The van der Waals surface area contributed by atoms with E-state index in [1.807, 2.05) is 34.6 Å². The Bertz CT molecular complexity index is 522. The van der Waals surface area contributed by atoms with Gasteiger partial charge in [-0.1, -0.05) is 27.7 Å². The van der Waals surface area contributed by atoms with Gasteiger partial charge in [-0.15, -0.1) is 0 Å². The monoisotopic (exact) mass is 321 g/mol. The third kappa shape index (κ3) is 7.08. The molecule has 0 aliphatic rings. The number of nitrogens with one attached hydrogen (secondary N) is 3. The van der Waals surface area contributed by atoms with Crippen molar-refractivity contribution in [2.24, 2.45) is 0 Å². The number of rotatable bonds is 6. The second-order valence-electron chi connectivity index (χ2n) is 6.55. The molecule has 0 aliphatic carbocycles. The van der Waals surface area contributed by atoms with Crippen molar-refractivity contribution >= 4 is 17.6 Å². The maximum absolute atomic E-state index is 11.7. The summed E-state index contributed by atoms with van der Waals surface area (Å²) in [7, 11) is 0. The summed E-state index contributed by atoms with van der Waals surface area (Å²) in [6.45, 7) is 10.3. The van der Waals surface area contributed by atoms with E-state index < -0.39 is 0 Å². The van der Waals surface area contributed by atoms with E-state index in [0.29, 0.717) is 11.5 Å². The van der Waals surface area contributed by atoms with E-state index in [1.165, 1.54) is 0 Å². The number of anilines is 1. The van der Waals surface area contributed by atoms with Gasteiger partial charge in [-0.05, 0) is 13.3 Å². The van der Waals surface area contributed by atoms with Crippen molar-refractivity contribution < 1.29 is 9.59 Å². The Morgan fingerprint density at radius 1 is 1.22 bits per heavy atom. The zero-order chi connectivity index (χ0) is 17.5. The van der Waals surface area contributed by atoms with Gasteiger partial charge in [0.2, 0.25) is 5.91 Å². The summed E-state index contributed by atoms with van der Waals surface area (Å²) in [5, 5.41) is 8.11. The maximum atomic E-state index is 11.7. The highest BCUT2D eigenvalue weighted by Crippen LogP contribution is 2.17. The summed E-state index contributed by atoms with van der Waals surface area (Å²) in [6, 6.07) is -0.233. The molecule has 23 heavy (non-hydrogen) atoms. The fraction of sp³-hybridized carbons (Fsp3) is 0.625. The molecule has 0 saturated heterocycles. The van der Waals surface area contributed by atoms with Crippen LogP contribution in [0, 0.1) is 0 Å². The van der Waals surface area contributed by atoms with Crippen LogP contribution in [0.4, 0.5) is 10.5 Å². The van der Waals surface area contributed by atoms with Crippen LogP contribution in [0.15, 0.2) is 12.4 Å². The van der Waals surface area contributed by atoms with Crippen LogP contribution in [0.5, 0.6) is 0 Å². The van der Waals surface area contributed by atoms with Crippen LogP contribution in [-0.4, -0.2) is 34.5 Å². The van der Waals surface area contributed by atoms with Gasteiger partial charge in [-0.25, -0.2) is 14.8 Å². The second kappa shape index (κ2) is 8.45. The van der Waals surface area contributed by atoms with Gasteiger partial charge in [0, 0.05) is 24.4 Å². The Labute approximate surface area is 137 Å². The van der Waals surface area contributed by atoms with Crippen molar-refractivity contribution in [1.82, 2.24) is 20.6 Å². The van der Waals surface area contributed by atoms with Gasteiger partial charge >= 0.3 is 6.03 Å². The molecule has 0 bridgehead atoms. The molecule has 1 atom stereocenters. The summed E-state index contributed by atoms with van der Waals surface area (Å²) < 4.78 is 0. The average Bonchev–Trinajstić information content (AvgIpc) is 2.46. The summed E-state index contributed by atoms with van der Waals surface area (Å²) in [6.07, 6.45) is 4.27. The minimum atomic E-state index is -0.381. The zero-order valence-electron chi connectivity index (χ0n) is 14.6. The maximum Gasteiger partial charge on any atom is 0.319 e. The number of aromatic nitrogens is 2. The first-order valence-corrected chi connectivity index (χ1v) is 7.89. The van der Waals surface area contributed by atoms with Gasteiger partial charge in [0.1, 0.15) is 5.82 Å². The van der Waals surface area contributed by atoms with Gasteiger partial charge in [0.15, 0.2) is 0 Å². The molecule has 0 spiro atoms. The lowest BCUT2D eigenvalue weighted by Crippen LogP contribution is -2.36. The predicted molar refractivity (Wildman–Crippen MR) is 90.3 cm³/mol. The molecule has 1 aromatic rings. The zero-order valence-corrected chi connectivity index (χ0v) is 14.6. The topological polar surface area (TPSA) is 96.0 Å². The number of amides is 3. The van der Waals surface area contributed by atoms with Crippen molar-refractivity contribution in [1.29, 1.82) is 0 Å². The number of hydrogen-bond acceptors (Lipinski definition) is 4. The molecular formula is C16H27N5O2. The lowest BCUT2D eigenvalue weighted by molar-refractivity contribution is -0.121. The lowest BCUT2D eigenvalue weighted by atomic mass is 9.96. The third-order valence-electron chi connectivity index (χ3n) is 3.24. The first-order valence-electron chi connectivity index (χ1n) is 7.89. The normalized spacial score (nSPS) is 12.4. The van der Waals surface area contributed by atoms with Gasteiger partial charge in [0.25, 0.3) is 0 Å². The molecule has 0 fully saturated rings. The van der Waals surface area contributed by atoms with Crippen LogP contribution in [0.1, 0.15) is 53.3 Å². The molecule has 0 radical (unpaired) electrons. The first-order chi connectivity index (χ1) is 10.7. The average molecular weight is 321 g/mol. The highest BCUT2D eigenvalue weighted by molar-refractivity contribution is 5.89. The van der Waals surface area contributed by atoms with Crippen LogP contribution < -0.4 is 16.0 Å². The van der Waals surface area contributed by atoms with E-state index >= 15 is 0 Å². The molecule has 1 aromatic heterocycles. The Morgan fingerprint density at radius 3 is 2.35 bits per heavy atom. The molecule has 7 heteroatoms. The summed E-state index contributed by atoms with van der Waals surface area (Å²) in [5.74, 6) is 0.641. The second-order valence-corrected chi connectivity index (χ2v) is 6.55. The molecule has 0 aromatic carbocycles. The van der Waals surface area contributed by atoms with E-state index in [0.717, 1.165) is 6.42 Å². The Hall–Kier alpha value is -2.18. The Kier molecular flexibility index (Phi) is 6.93. The van der Waals surface area contributed by atoms with Crippen molar-refractivity contribution in [2.45, 2.75) is 58.9 Å². The summed E-state index contributed by atoms with van der Waals surface area (Å²) in [5.41, 5.74) is 0.378. The van der Waals surface area contributed by atoms with E-state index in [-0.39, 0.29) is 36.4 Å². The van der Waals surface area contributed by atoms with Crippen LogP contribution in [0.2, 0.25) is 0 Å². The lowest BCUT2D eigenvalue weighted by Gasteiger charge is -2.16. The molecule has 3 N–H and O–H groups in total. The molecule has 0 aliphatic heterocycles. The molecule has 1 heterocycles. The van der Waals surface area contributed by atoms with Gasteiger partial charge in [-0.3, -0.25) is 4.79 Å². The minimum Gasteiger partial charge on any atom is -0.354 e. The number of carbonyl (C=O) groups is 2. The molecule has 7 nitrogen and oxygen atoms in total. The highest BCUT2D eigenvalue weighted by Gasteiger charge is 2.16. The molecule has 0 unspecified atom stereocenters. The summed E-state index contributed by atoms with van der Waals surface area (Å²) in [4.78, 5) is 31.8. The number of carbonyl (C=O) groups excluding carboxylic acids is 2. The van der Waals surface area contributed by atoms with Gasteiger partial charge in [0.05, 0.1) is 18.1 Å². The largest absolute Gasteiger partial charge is 0.354 e. The number of hydrogen-bond donors (Lipinski definition) is 3. The molecule has 128 valence electrons. The van der Waals surface area contributed by atoms with E-state index in [9.17, 15) is 9.59 Å². The van der Waals surface area contributed by atoms with E-state index in [4.69, 9.17) is 0 Å². The van der Waals surface area contributed by atoms with Crippen LogP contribution in [0.3, 0.4) is 0 Å². The first kappa shape index (κ1) is 18.9. The van der Waals surface area contributed by atoms with Gasteiger partial charge < -0.3 is 16.0 Å². The molecule has 3 amide bonds. The van der Waals surface area contributed by atoms with Crippen molar-refractivity contribution in [3.63, 3.8) is 0 Å². The SMILES string of the molecule is CC[C@@H](C)NC(=O)CCNC(=O)Nc1cnc(C(C)(C)C)nc1. The Morgan fingerprint density at radius 2 is 1.83 bits per heavy atom. The van der Waals surface area contributed by atoms with Gasteiger partial charge in [-0.2, -0.15) is 0 Å². The molecule has 0 saturated carbocycles. The Balaban J connectivity index is 2.35. The number of urea groups is 1. The predicted octanol–water partition coefficient (Wildman–Crippen LogP) is 2.20. The fourth-order valence-corrected chi connectivity index (χ4v) is 1.69. The smallest absolute Gasteiger partial charge is 0.319 e. The van der Waals surface area contributed by atoms with Crippen molar-refractivity contribution in [3.8, 4) is 0 Å². The van der Waals surface area contributed by atoms with Crippen LogP contribution >= 0.6 is 0 Å². The fourth-order valence-electron chi connectivity index (χ4n) is 1.69. The van der Waals surface area contributed by atoms with Crippen LogP contribution in [-0.2, 0) is 10.2 Å². The van der Waals surface area contributed by atoms with Crippen molar-refractivity contribution in [2.75, 3.05) is 11.9 Å². The van der Waals surface area contributed by atoms with E-state index in [2.05, 4.69) is 25.9 Å². The third-order valence-corrected chi connectivity index (χ3v) is 3.24. The van der Waals surface area contributed by atoms with Crippen LogP contribution in [0.25, 0.3) is 0 Å². The minimum absolute atomic E-state index is 0.0717. The highest BCUT2D eigenvalue weighted by atomic mass is 16.2. The van der Waals surface area contributed by atoms with Crippen molar-refractivity contribution in [3.05, 3.63) is 18.2 Å². The van der Waals surface area contributed by atoms with E-state index in [1.54, 1.807) is 12.4 Å². The molecule has 1 rings (SSSR count). The standard InChI is InChI=1S/C16H27N5O2/c1-6-11(2)20-13(22)7-8-17-15(23)21-12-9-18-14(19-10-12)16(3,4)5/h9-11H,6-8H2,1-5H3,(H,20,22)(H2,17,21,23)/t11-/m1/s1.